The molecule has 0 saturated heterocycles. The summed E-state index contributed by atoms with van der Waals surface area (Å²) in [6, 6.07) is 2.87. The third kappa shape index (κ3) is 4.29. The standard InChI is InChI=1S/C12H15F2NO3/c1-15(5-2-6-16)12(17)8-18-11-4-3-9(13)7-10(11)14/h3-4,7,16H,2,5-6,8H2,1H3. The van der Waals surface area contributed by atoms with Crippen molar-refractivity contribution in [2.45, 2.75) is 6.42 Å². The Balaban J connectivity index is 2.47. The van der Waals surface area contributed by atoms with Crippen LogP contribution in [0.15, 0.2) is 18.2 Å². The highest BCUT2D eigenvalue weighted by molar-refractivity contribution is 5.77. The summed E-state index contributed by atoms with van der Waals surface area (Å²) < 4.78 is 30.8. The van der Waals surface area contributed by atoms with Crippen LogP contribution in [0.1, 0.15) is 6.42 Å². The summed E-state index contributed by atoms with van der Waals surface area (Å²) >= 11 is 0. The highest BCUT2D eigenvalue weighted by atomic mass is 19.1. The normalized spacial score (nSPS) is 10.2. The number of hydrogen-bond donors (Lipinski definition) is 1. The fourth-order valence-corrected chi connectivity index (χ4v) is 1.27. The number of ether oxygens (including phenoxy) is 1. The Morgan fingerprint density at radius 2 is 2.17 bits per heavy atom. The SMILES string of the molecule is CN(CCCO)C(=O)COc1ccc(F)cc1F. The molecular weight excluding hydrogens is 244 g/mol. The van der Waals surface area contributed by atoms with E-state index in [1.165, 1.54) is 4.90 Å². The van der Waals surface area contributed by atoms with E-state index < -0.39 is 11.6 Å². The van der Waals surface area contributed by atoms with Gasteiger partial charge >= 0.3 is 0 Å². The minimum absolute atomic E-state index is 0.00886. The van der Waals surface area contributed by atoms with Crippen LogP contribution in [0.3, 0.4) is 0 Å². The molecule has 0 radical (unpaired) electrons. The molecule has 6 heteroatoms. The molecule has 0 heterocycles. The summed E-state index contributed by atoms with van der Waals surface area (Å²) in [6.45, 7) is 0.0557. The Bertz CT molecular complexity index is 412. The van der Waals surface area contributed by atoms with Crippen LogP contribution in [0.4, 0.5) is 8.78 Å². The molecule has 1 aromatic carbocycles. The van der Waals surface area contributed by atoms with Gasteiger partial charge in [0.05, 0.1) is 0 Å². The highest BCUT2D eigenvalue weighted by Gasteiger charge is 2.11. The van der Waals surface area contributed by atoms with Crippen LogP contribution in [0, 0.1) is 11.6 Å². The second-order valence-corrected chi connectivity index (χ2v) is 3.76. The first-order valence-corrected chi connectivity index (χ1v) is 5.47. The number of rotatable bonds is 6. The maximum atomic E-state index is 13.2. The van der Waals surface area contributed by atoms with E-state index in [0.717, 1.165) is 12.1 Å². The fourth-order valence-electron chi connectivity index (χ4n) is 1.27. The van der Waals surface area contributed by atoms with Crippen LogP contribution in [-0.2, 0) is 4.79 Å². The average molecular weight is 259 g/mol. The Hall–Kier alpha value is -1.69. The Kier molecular flexibility index (Phi) is 5.51. The molecule has 0 aromatic heterocycles. The smallest absolute Gasteiger partial charge is 0.260 e. The fraction of sp³-hybridized carbons (Fsp3) is 0.417. The maximum Gasteiger partial charge on any atom is 0.260 e. The molecule has 1 N–H and O–H groups in total. The van der Waals surface area contributed by atoms with Gasteiger partial charge in [0.25, 0.3) is 5.91 Å². The van der Waals surface area contributed by atoms with Crippen LogP contribution in [0.5, 0.6) is 5.75 Å². The van der Waals surface area contributed by atoms with Crippen molar-refractivity contribution in [2.75, 3.05) is 26.8 Å². The molecule has 0 atom stereocenters. The van der Waals surface area contributed by atoms with Gasteiger partial charge in [-0.2, -0.15) is 0 Å². The third-order valence-corrected chi connectivity index (χ3v) is 2.32. The van der Waals surface area contributed by atoms with Gasteiger partial charge in [0.2, 0.25) is 0 Å². The van der Waals surface area contributed by atoms with E-state index in [4.69, 9.17) is 9.84 Å². The van der Waals surface area contributed by atoms with Gasteiger partial charge < -0.3 is 14.7 Å². The highest BCUT2D eigenvalue weighted by Crippen LogP contribution is 2.17. The quantitative estimate of drug-likeness (QED) is 0.834. The summed E-state index contributed by atoms with van der Waals surface area (Å²) in [6.07, 6.45) is 0.465. The van der Waals surface area contributed by atoms with Crippen molar-refractivity contribution in [2.24, 2.45) is 0 Å². The van der Waals surface area contributed by atoms with Crippen LogP contribution in [0.2, 0.25) is 0 Å². The lowest BCUT2D eigenvalue weighted by Crippen LogP contribution is -2.32. The number of hydrogen-bond acceptors (Lipinski definition) is 3. The minimum atomic E-state index is -0.846. The van der Waals surface area contributed by atoms with E-state index in [1.54, 1.807) is 7.05 Å². The predicted octanol–water partition coefficient (Wildman–Crippen LogP) is 1.18. The van der Waals surface area contributed by atoms with E-state index in [-0.39, 0.29) is 24.9 Å². The number of amides is 1. The van der Waals surface area contributed by atoms with Gasteiger partial charge in [-0.25, -0.2) is 8.78 Å². The van der Waals surface area contributed by atoms with Gasteiger partial charge in [-0.1, -0.05) is 0 Å². The van der Waals surface area contributed by atoms with Gasteiger partial charge in [-0.05, 0) is 18.6 Å². The van der Waals surface area contributed by atoms with E-state index in [0.29, 0.717) is 19.0 Å². The van der Waals surface area contributed by atoms with E-state index in [1.807, 2.05) is 0 Å². The zero-order valence-corrected chi connectivity index (χ0v) is 10.0. The van der Waals surface area contributed by atoms with Crippen LogP contribution >= 0.6 is 0 Å². The molecule has 18 heavy (non-hydrogen) atoms. The lowest BCUT2D eigenvalue weighted by Gasteiger charge is -2.16. The molecule has 4 nitrogen and oxygen atoms in total. The van der Waals surface area contributed by atoms with Crippen molar-refractivity contribution in [1.82, 2.24) is 4.90 Å². The van der Waals surface area contributed by atoms with E-state index >= 15 is 0 Å². The van der Waals surface area contributed by atoms with Gasteiger partial charge in [-0.3, -0.25) is 4.79 Å². The summed E-state index contributed by atoms with van der Waals surface area (Å²) in [5.74, 6) is -2.06. The number of aliphatic hydroxyl groups excluding tert-OH is 1. The number of carbonyl (C=O) groups is 1. The number of likely N-dealkylation sites (N-methyl/N-ethyl adjacent to an activating group) is 1. The monoisotopic (exact) mass is 259 g/mol. The van der Waals surface area contributed by atoms with Gasteiger partial charge in [0.1, 0.15) is 5.82 Å². The second-order valence-electron chi connectivity index (χ2n) is 3.76. The first-order valence-electron chi connectivity index (χ1n) is 5.47. The van der Waals surface area contributed by atoms with Crippen molar-refractivity contribution < 1.29 is 23.4 Å². The van der Waals surface area contributed by atoms with Gasteiger partial charge in [0, 0.05) is 26.3 Å². The predicted molar refractivity (Wildman–Crippen MR) is 61.2 cm³/mol. The Morgan fingerprint density at radius 3 is 2.78 bits per heavy atom. The number of aliphatic hydroxyl groups is 1. The number of nitrogens with zero attached hydrogens (tertiary/aromatic N) is 1. The van der Waals surface area contributed by atoms with Crippen molar-refractivity contribution in [1.29, 1.82) is 0 Å². The van der Waals surface area contributed by atoms with Crippen molar-refractivity contribution in [3.63, 3.8) is 0 Å². The summed E-state index contributed by atoms with van der Waals surface area (Å²) in [5.41, 5.74) is 0. The second kappa shape index (κ2) is 6.90. The molecule has 0 fully saturated rings. The molecular formula is C12H15F2NO3. The summed E-state index contributed by atoms with van der Waals surface area (Å²) in [5, 5.41) is 8.61. The topological polar surface area (TPSA) is 49.8 Å². The molecule has 0 aliphatic heterocycles. The van der Waals surface area contributed by atoms with Crippen molar-refractivity contribution in [3.8, 4) is 5.75 Å². The lowest BCUT2D eigenvalue weighted by molar-refractivity contribution is -0.132. The van der Waals surface area contributed by atoms with Gasteiger partial charge in [-0.15, -0.1) is 0 Å². The molecule has 0 spiro atoms. The molecule has 0 aliphatic carbocycles. The molecule has 1 rings (SSSR count). The maximum absolute atomic E-state index is 13.2. The van der Waals surface area contributed by atoms with Gasteiger partial charge in [0.15, 0.2) is 18.2 Å². The van der Waals surface area contributed by atoms with Crippen LogP contribution < -0.4 is 4.74 Å². The molecule has 100 valence electrons. The Labute approximate surface area is 104 Å². The first kappa shape index (κ1) is 14.4. The largest absolute Gasteiger partial charge is 0.481 e. The molecule has 0 bridgehead atoms. The third-order valence-electron chi connectivity index (χ3n) is 2.32. The van der Waals surface area contributed by atoms with E-state index in [9.17, 15) is 13.6 Å². The zero-order chi connectivity index (χ0) is 13.5. The number of carbonyl (C=O) groups excluding carboxylic acids is 1. The molecule has 0 unspecified atom stereocenters. The first-order chi connectivity index (χ1) is 8.54. The van der Waals surface area contributed by atoms with Crippen molar-refractivity contribution in [3.05, 3.63) is 29.8 Å². The molecule has 1 amide bonds. The molecule has 1 aromatic rings. The average Bonchev–Trinajstić information content (AvgIpc) is 2.34. The lowest BCUT2D eigenvalue weighted by atomic mass is 10.3. The minimum Gasteiger partial charge on any atom is -0.481 e. The van der Waals surface area contributed by atoms with Crippen LogP contribution in [0.25, 0.3) is 0 Å². The Morgan fingerprint density at radius 1 is 1.44 bits per heavy atom. The van der Waals surface area contributed by atoms with Crippen molar-refractivity contribution >= 4 is 5.91 Å². The number of halogens is 2. The molecule has 0 aliphatic rings. The number of benzene rings is 1. The van der Waals surface area contributed by atoms with Crippen LogP contribution in [-0.4, -0.2) is 42.7 Å². The summed E-state index contributed by atoms with van der Waals surface area (Å²) in [4.78, 5) is 12.9. The van der Waals surface area contributed by atoms with E-state index in [2.05, 4.69) is 0 Å². The molecule has 0 saturated carbocycles. The zero-order valence-electron chi connectivity index (χ0n) is 10.0. The summed E-state index contributed by atoms with van der Waals surface area (Å²) in [7, 11) is 1.56.